The summed E-state index contributed by atoms with van der Waals surface area (Å²) in [6.45, 7) is 0. The minimum Gasteiger partial charge on any atom is -0.388 e. The SMILES string of the molecule is C#CCCCC(O)c1ccc(C(F)F)cc1. The van der Waals surface area contributed by atoms with E-state index in [1.807, 2.05) is 0 Å². The number of hydrogen-bond donors (Lipinski definition) is 1. The molecule has 1 aromatic carbocycles. The van der Waals surface area contributed by atoms with Gasteiger partial charge in [-0.1, -0.05) is 24.3 Å². The van der Waals surface area contributed by atoms with Crippen molar-refractivity contribution in [3.63, 3.8) is 0 Å². The number of aliphatic hydroxyl groups excluding tert-OH is 1. The number of terminal acetylenes is 1. The van der Waals surface area contributed by atoms with Crippen LogP contribution in [0.3, 0.4) is 0 Å². The molecule has 0 fully saturated rings. The topological polar surface area (TPSA) is 20.2 Å². The smallest absolute Gasteiger partial charge is 0.263 e. The van der Waals surface area contributed by atoms with E-state index in [-0.39, 0.29) is 5.56 Å². The van der Waals surface area contributed by atoms with Crippen molar-refractivity contribution in [1.29, 1.82) is 0 Å². The van der Waals surface area contributed by atoms with Gasteiger partial charge in [0.1, 0.15) is 0 Å². The first kappa shape index (κ1) is 12.7. The molecule has 86 valence electrons. The molecule has 0 amide bonds. The molecule has 0 aromatic heterocycles. The van der Waals surface area contributed by atoms with Gasteiger partial charge in [0.05, 0.1) is 6.10 Å². The summed E-state index contributed by atoms with van der Waals surface area (Å²) in [6, 6.07) is 5.73. The average molecular weight is 224 g/mol. The number of rotatable bonds is 5. The Hall–Kier alpha value is -1.40. The van der Waals surface area contributed by atoms with E-state index in [1.165, 1.54) is 24.3 Å². The Labute approximate surface area is 94.1 Å². The van der Waals surface area contributed by atoms with Crippen molar-refractivity contribution in [3.8, 4) is 12.3 Å². The summed E-state index contributed by atoms with van der Waals surface area (Å²) in [4.78, 5) is 0. The molecular weight excluding hydrogens is 210 g/mol. The van der Waals surface area contributed by atoms with E-state index in [0.29, 0.717) is 18.4 Å². The van der Waals surface area contributed by atoms with Crippen LogP contribution in [0.1, 0.15) is 42.9 Å². The minimum absolute atomic E-state index is 0.0282. The highest BCUT2D eigenvalue weighted by atomic mass is 19.3. The Morgan fingerprint density at radius 1 is 1.19 bits per heavy atom. The van der Waals surface area contributed by atoms with E-state index in [4.69, 9.17) is 6.42 Å². The van der Waals surface area contributed by atoms with Gasteiger partial charge in [0.25, 0.3) is 6.43 Å². The first-order chi connectivity index (χ1) is 7.65. The zero-order valence-electron chi connectivity index (χ0n) is 8.87. The molecule has 1 N–H and O–H groups in total. The van der Waals surface area contributed by atoms with Gasteiger partial charge in [0.2, 0.25) is 0 Å². The number of aliphatic hydroxyl groups is 1. The van der Waals surface area contributed by atoms with Gasteiger partial charge in [-0.15, -0.1) is 12.3 Å². The fourth-order valence-corrected chi connectivity index (χ4v) is 1.43. The van der Waals surface area contributed by atoms with E-state index in [2.05, 4.69) is 5.92 Å². The van der Waals surface area contributed by atoms with Gasteiger partial charge in [-0.25, -0.2) is 8.78 Å². The van der Waals surface area contributed by atoms with Crippen LogP contribution in [0.2, 0.25) is 0 Å². The normalized spacial score (nSPS) is 12.4. The molecule has 0 aliphatic rings. The lowest BCUT2D eigenvalue weighted by Crippen LogP contribution is -1.97. The molecule has 0 aliphatic heterocycles. The van der Waals surface area contributed by atoms with Crippen molar-refractivity contribution < 1.29 is 13.9 Å². The van der Waals surface area contributed by atoms with Crippen molar-refractivity contribution in [2.45, 2.75) is 31.8 Å². The van der Waals surface area contributed by atoms with Crippen molar-refractivity contribution in [2.24, 2.45) is 0 Å². The summed E-state index contributed by atoms with van der Waals surface area (Å²) in [5, 5.41) is 9.72. The molecule has 0 saturated heterocycles. The summed E-state index contributed by atoms with van der Waals surface area (Å²) in [6.07, 6.45) is 3.90. The van der Waals surface area contributed by atoms with Crippen molar-refractivity contribution >= 4 is 0 Å². The molecule has 0 heterocycles. The molecule has 0 spiro atoms. The number of halogens is 2. The Bertz CT molecular complexity index is 351. The Morgan fingerprint density at radius 2 is 1.75 bits per heavy atom. The molecule has 0 bridgehead atoms. The highest BCUT2D eigenvalue weighted by molar-refractivity contribution is 5.24. The highest BCUT2D eigenvalue weighted by Gasteiger charge is 2.09. The third kappa shape index (κ3) is 3.63. The van der Waals surface area contributed by atoms with Gasteiger partial charge >= 0.3 is 0 Å². The summed E-state index contributed by atoms with van der Waals surface area (Å²) in [7, 11) is 0. The second-order valence-corrected chi connectivity index (χ2v) is 3.58. The molecule has 1 unspecified atom stereocenters. The lowest BCUT2D eigenvalue weighted by molar-refractivity contribution is 0.150. The fourth-order valence-electron chi connectivity index (χ4n) is 1.43. The maximum atomic E-state index is 12.3. The van der Waals surface area contributed by atoms with Crippen LogP contribution >= 0.6 is 0 Å². The van der Waals surface area contributed by atoms with Crippen LogP contribution in [0.5, 0.6) is 0 Å². The standard InChI is InChI=1S/C13H14F2O/c1-2-3-4-5-12(16)10-6-8-11(9-7-10)13(14)15/h1,6-9,12-13,16H,3-5H2. The fraction of sp³-hybridized carbons (Fsp3) is 0.385. The number of hydrogen-bond acceptors (Lipinski definition) is 1. The number of unbranched alkanes of at least 4 members (excludes halogenated alkanes) is 1. The monoisotopic (exact) mass is 224 g/mol. The molecule has 16 heavy (non-hydrogen) atoms. The zero-order valence-corrected chi connectivity index (χ0v) is 8.87. The first-order valence-electron chi connectivity index (χ1n) is 5.14. The molecule has 1 atom stereocenters. The summed E-state index contributed by atoms with van der Waals surface area (Å²) in [5.41, 5.74) is 0.626. The predicted molar refractivity (Wildman–Crippen MR) is 59.0 cm³/mol. The van der Waals surface area contributed by atoms with Crippen LogP contribution in [-0.2, 0) is 0 Å². The molecule has 3 heteroatoms. The molecule has 0 saturated carbocycles. The Morgan fingerprint density at radius 3 is 2.25 bits per heavy atom. The summed E-state index contributed by atoms with van der Waals surface area (Å²) < 4.78 is 24.5. The van der Waals surface area contributed by atoms with Gasteiger partial charge in [-0.2, -0.15) is 0 Å². The molecule has 1 rings (SSSR count). The van der Waals surface area contributed by atoms with Gasteiger partial charge in [0.15, 0.2) is 0 Å². The van der Waals surface area contributed by atoms with E-state index in [1.54, 1.807) is 0 Å². The minimum atomic E-state index is -2.47. The lowest BCUT2D eigenvalue weighted by Gasteiger charge is -2.10. The van der Waals surface area contributed by atoms with E-state index >= 15 is 0 Å². The average Bonchev–Trinajstić information content (AvgIpc) is 2.29. The zero-order chi connectivity index (χ0) is 12.0. The second-order valence-electron chi connectivity index (χ2n) is 3.58. The maximum absolute atomic E-state index is 12.3. The largest absolute Gasteiger partial charge is 0.388 e. The van der Waals surface area contributed by atoms with Crippen molar-refractivity contribution in [3.05, 3.63) is 35.4 Å². The number of benzene rings is 1. The van der Waals surface area contributed by atoms with Crippen LogP contribution < -0.4 is 0 Å². The summed E-state index contributed by atoms with van der Waals surface area (Å²) in [5.74, 6) is 2.49. The van der Waals surface area contributed by atoms with Crippen LogP contribution in [0.15, 0.2) is 24.3 Å². The van der Waals surface area contributed by atoms with E-state index in [0.717, 1.165) is 6.42 Å². The summed E-state index contributed by atoms with van der Waals surface area (Å²) >= 11 is 0. The van der Waals surface area contributed by atoms with Gasteiger partial charge in [-0.3, -0.25) is 0 Å². The quantitative estimate of drug-likeness (QED) is 0.600. The Kier molecular flexibility index (Phi) is 4.94. The molecule has 0 radical (unpaired) electrons. The molecule has 0 aliphatic carbocycles. The number of alkyl halides is 2. The predicted octanol–water partition coefficient (Wildman–Crippen LogP) is 3.46. The van der Waals surface area contributed by atoms with Gasteiger partial charge < -0.3 is 5.11 Å². The lowest BCUT2D eigenvalue weighted by atomic mass is 10.0. The van der Waals surface area contributed by atoms with Crippen LogP contribution in [0.4, 0.5) is 8.78 Å². The van der Waals surface area contributed by atoms with Crippen LogP contribution in [0, 0.1) is 12.3 Å². The van der Waals surface area contributed by atoms with Gasteiger partial charge in [-0.05, 0) is 18.4 Å². The first-order valence-corrected chi connectivity index (χ1v) is 5.14. The molecule has 1 aromatic rings. The second kappa shape index (κ2) is 6.24. The van der Waals surface area contributed by atoms with Crippen molar-refractivity contribution in [2.75, 3.05) is 0 Å². The molecular formula is C13H14F2O. The van der Waals surface area contributed by atoms with E-state index < -0.39 is 12.5 Å². The third-order valence-corrected chi connectivity index (χ3v) is 2.37. The van der Waals surface area contributed by atoms with E-state index in [9.17, 15) is 13.9 Å². The Balaban J connectivity index is 2.56. The third-order valence-electron chi connectivity index (χ3n) is 2.37. The van der Waals surface area contributed by atoms with Crippen LogP contribution in [-0.4, -0.2) is 5.11 Å². The maximum Gasteiger partial charge on any atom is 0.263 e. The highest BCUT2D eigenvalue weighted by Crippen LogP contribution is 2.23. The van der Waals surface area contributed by atoms with Gasteiger partial charge in [0, 0.05) is 12.0 Å². The van der Waals surface area contributed by atoms with Crippen molar-refractivity contribution in [1.82, 2.24) is 0 Å². The van der Waals surface area contributed by atoms with Crippen LogP contribution in [0.25, 0.3) is 0 Å². The molecule has 1 nitrogen and oxygen atoms in total.